The van der Waals surface area contributed by atoms with Crippen molar-refractivity contribution in [3.8, 4) is 0 Å². The number of amides is 1. The van der Waals surface area contributed by atoms with Gasteiger partial charge in [0.25, 0.3) is 5.91 Å². The van der Waals surface area contributed by atoms with Crippen LogP contribution in [0.25, 0.3) is 0 Å². The maximum Gasteiger partial charge on any atom is 0.256 e. The van der Waals surface area contributed by atoms with Gasteiger partial charge >= 0.3 is 0 Å². The monoisotopic (exact) mass is 267 g/mol. The van der Waals surface area contributed by atoms with Crippen LogP contribution >= 0.6 is 11.3 Å². The Balaban J connectivity index is 2.31. The van der Waals surface area contributed by atoms with E-state index >= 15 is 0 Å². The number of carbonyl (C=O) groups is 2. The fraction of sp³-hybridized carbons (Fsp3) is 0.500. The molecule has 1 aliphatic rings. The second kappa shape index (κ2) is 4.97. The van der Waals surface area contributed by atoms with Crippen LogP contribution in [0.2, 0.25) is 0 Å². The molecule has 0 spiro atoms. The average molecular weight is 267 g/mol. The molecule has 0 unspecified atom stereocenters. The Morgan fingerprint density at radius 2 is 2.11 bits per heavy atom. The van der Waals surface area contributed by atoms with Crippen LogP contribution in [0.3, 0.4) is 0 Å². The highest BCUT2D eigenvalue weighted by atomic mass is 32.1. The number of nitrogens with two attached hydrogens (primary N) is 1. The number of anilines is 2. The third-order valence-corrected chi connectivity index (χ3v) is 4.23. The van der Waals surface area contributed by atoms with Gasteiger partial charge in [-0.3, -0.25) is 9.59 Å². The molecular weight excluding hydrogens is 250 g/mol. The molecule has 0 atom stereocenters. The second-order valence-corrected chi connectivity index (χ2v) is 5.53. The van der Waals surface area contributed by atoms with Crippen LogP contribution in [0.15, 0.2) is 0 Å². The average Bonchev–Trinajstić information content (AvgIpc) is 3.09. The van der Waals surface area contributed by atoms with Gasteiger partial charge in [0.05, 0.1) is 16.1 Å². The van der Waals surface area contributed by atoms with Crippen molar-refractivity contribution >= 4 is 33.7 Å². The van der Waals surface area contributed by atoms with E-state index in [4.69, 9.17) is 5.73 Å². The zero-order valence-corrected chi connectivity index (χ0v) is 11.3. The molecule has 1 fully saturated rings. The van der Waals surface area contributed by atoms with Gasteiger partial charge in [0.1, 0.15) is 5.00 Å². The third-order valence-electron chi connectivity index (χ3n) is 2.97. The molecule has 0 aliphatic heterocycles. The Morgan fingerprint density at radius 1 is 1.44 bits per heavy atom. The van der Waals surface area contributed by atoms with E-state index in [-0.39, 0.29) is 17.4 Å². The molecule has 1 heterocycles. The van der Waals surface area contributed by atoms with Crippen molar-refractivity contribution in [2.24, 2.45) is 5.92 Å². The van der Waals surface area contributed by atoms with Gasteiger partial charge in [-0.05, 0) is 18.8 Å². The summed E-state index contributed by atoms with van der Waals surface area (Å²) in [6.45, 7) is 2.29. The third kappa shape index (κ3) is 2.48. The minimum absolute atomic E-state index is 0.109. The number of rotatable bonds is 5. The molecule has 2 rings (SSSR count). The van der Waals surface area contributed by atoms with E-state index in [9.17, 15) is 9.59 Å². The second-order valence-electron chi connectivity index (χ2n) is 4.51. The fourth-order valence-corrected chi connectivity index (χ4v) is 2.76. The first-order valence-electron chi connectivity index (χ1n) is 5.93. The standard InChI is InChI=1S/C12H17N3O2S/c1-6(16)10-9(13)8(11(17)14-2)12(18-10)15-5-7-3-4-7/h7,15H,3-5,13H2,1-2H3,(H,14,17). The molecule has 0 aromatic carbocycles. The van der Waals surface area contributed by atoms with Crippen LogP contribution in [0.5, 0.6) is 0 Å². The van der Waals surface area contributed by atoms with Crippen molar-refractivity contribution in [2.75, 3.05) is 24.6 Å². The van der Waals surface area contributed by atoms with Crippen molar-refractivity contribution < 1.29 is 9.59 Å². The normalized spacial score (nSPS) is 14.3. The van der Waals surface area contributed by atoms with Gasteiger partial charge in [0, 0.05) is 20.5 Å². The van der Waals surface area contributed by atoms with E-state index in [2.05, 4.69) is 10.6 Å². The summed E-state index contributed by atoms with van der Waals surface area (Å²) in [5.74, 6) is 0.323. The zero-order valence-electron chi connectivity index (χ0n) is 10.5. The van der Waals surface area contributed by atoms with Gasteiger partial charge in [-0.2, -0.15) is 0 Å². The Bertz CT molecular complexity index is 492. The van der Waals surface area contributed by atoms with E-state index in [1.807, 2.05) is 0 Å². The van der Waals surface area contributed by atoms with Crippen LogP contribution in [0, 0.1) is 5.92 Å². The summed E-state index contributed by atoms with van der Waals surface area (Å²) < 4.78 is 0. The highest BCUT2D eigenvalue weighted by Crippen LogP contribution is 2.37. The van der Waals surface area contributed by atoms with Crippen molar-refractivity contribution in [2.45, 2.75) is 19.8 Å². The first-order chi connectivity index (χ1) is 8.54. The molecule has 1 aromatic heterocycles. The smallest absolute Gasteiger partial charge is 0.256 e. The van der Waals surface area contributed by atoms with Crippen molar-refractivity contribution in [1.82, 2.24) is 5.32 Å². The minimum atomic E-state index is -0.255. The number of Topliss-reactive ketones (excluding diaryl/α,β-unsaturated/α-hetero) is 1. The first kappa shape index (κ1) is 12.9. The van der Waals surface area contributed by atoms with Crippen molar-refractivity contribution in [1.29, 1.82) is 0 Å². The molecule has 5 nitrogen and oxygen atoms in total. The Kier molecular flexibility index (Phi) is 3.56. The Hall–Kier alpha value is -1.56. The van der Waals surface area contributed by atoms with E-state index < -0.39 is 0 Å². The van der Waals surface area contributed by atoms with Crippen molar-refractivity contribution in [3.05, 3.63) is 10.4 Å². The summed E-state index contributed by atoms with van der Waals surface area (Å²) in [5.41, 5.74) is 6.57. The molecule has 0 radical (unpaired) electrons. The van der Waals surface area contributed by atoms with Gasteiger partial charge in [0.15, 0.2) is 5.78 Å². The number of hydrogen-bond acceptors (Lipinski definition) is 5. The van der Waals surface area contributed by atoms with Gasteiger partial charge < -0.3 is 16.4 Å². The number of nitrogens with one attached hydrogen (secondary N) is 2. The van der Waals surface area contributed by atoms with Crippen LogP contribution in [-0.4, -0.2) is 25.3 Å². The lowest BCUT2D eigenvalue weighted by atomic mass is 10.2. The van der Waals surface area contributed by atoms with E-state index in [0.717, 1.165) is 6.54 Å². The molecular formula is C12H17N3O2S. The van der Waals surface area contributed by atoms with Gasteiger partial charge in [-0.15, -0.1) is 11.3 Å². The highest BCUT2D eigenvalue weighted by Gasteiger charge is 2.26. The number of hydrogen-bond donors (Lipinski definition) is 3. The maximum atomic E-state index is 11.8. The number of carbonyl (C=O) groups excluding carboxylic acids is 2. The number of nitrogen functional groups attached to an aromatic ring is 1. The Labute approximate surface area is 110 Å². The predicted molar refractivity (Wildman–Crippen MR) is 73.3 cm³/mol. The van der Waals surface area contributed by atoms with Crippen LogP contribution in [-0.2, 0) is 0 Å². The molecule has 0 saturated heterocycles. The van der Waals surface area contributed by atoms with Crippen LogP contribution in [0.4, 0.5) is 10.7 Å². The number of thiophene rings is 1. The molecule has 1 aromatic rings. The quantitative estimate of drug-likeness (QED) is 0.709. The molecule has 1 amide bonds. The maximum absolute atomic E-state index is 11.8. The van der Waals surface area contributed by atoms with Crippen molar-refractivity contribution in [3.63, 3.8) is 0 Å². The summed E-state index contributed by atoms with van der Waals surface area (Å²) in [6.07, 6.45) is 2.45. The lowest BCUT2D eigenvalue weighted by Gasteiger charge is -2.06. The van der Waals surface area contributed by atoms with Crippen LogP contribution in [0.1, 0.15) is 39.8 Å². The number of ketones is 1. The molecule has 98 valence electrons. The van der Waals surface area contributed by atoms with E-state index in [1.165, 1.54) is 31.1 Å². The highest BCUT2D eigenvalue weighted by molar-refractivity contribution is 7.19. The van der Waals surface area contributed by atoms with Gasteiger partial charge in [0.2, 0.25) is 0 Å². The minimum Gasteiger partial charge on any atom is -0.397 e. The largest absolute Gasteiger partial charge is 0.397 e. The summed E-state index contributed by atoms with van der Waals surface area (Å²) in [5, 5.41) is 6.48. The molecule has 0 bridgehead atoms. The van der Waals surface area contributed by atoms with Crippen LogP contribution < -0.4 is 16.4 Å². The predicted octanol–water partition coefficient (Wildman–Crippen LogP) is 1.71. The summed E-state index contributed by atoms with van der Waals surface area (Å²) in [4.78, 5) is 23.7. The molecule has 1 saturated carbocycles. The topological polar surface area (TPSA) is 84.2 Å². The summed E-state index contributed by atoms with van der Waals surface area (Å²) >= 11 is 1.26. The first-order valence-corrected chi connectivity index (χ1v) is 6.75. The molecule has 6 heteroatoms. The lowest BCUT2D eigenvalue weighted by Crippen LogP contribution is -2.20. The fourth-order valence-electron chi connectivity index (χ4n) is 1.74. The van der Waals surface area contributed by atoms with Gasteiger partial charge in [-0.1, -0.05) is 0 Å². The Morgan fingerprint density at radius 3 is 2.61 bits per heavy atom. The van der Waals surface area contributed by atoms with E-state index in [0.29, 0.717) is 21.4 Å². The zero-order chi connectivity index (χ0) is 13.3. The molecule has 1 aliphatic carbocycles. The molecule has 4 N–H and O–H groups in total. The molecule has 18 heavy (non-hydrogen) atoms. The summed E-state index contributed by atoms with van der Waals surface area (Å²) in [6, 6.07) is 0. The van der Waals surface area contributed by atoms with Gasteiger partial charge in [-0.25, -0.2) is 0 Å². The van der Waals surface area contributed by atoms with E-state index in [1.54, 1.807) is 7.05 Å². The SMILES string of the molecule is CNC(=O)c1c(NCC2CC2)sc(C(C)=O)c1N. The summed E-state index contributed by atoms with van der Waals surface area (Å²) in [7, 11) is 1.55. The lowest BCUT2D eigenvalue weighted by molar-refractivity contribution is 0.0965.